The number of carbonyl (C=O) groups is 1. The van der Waals surface area contributed by atoms with Gasteiger partial charge >= 0.3 is 0 Å². The minimum atomic E-state index is -0.325. The summed E-state index contributed by atoms with van der Waals surface area (Å²) in [7, 11) is 0. The second-order valence-corrected chi connectivity index (χ2v) is 11.3. The maximum Gasteiger partial charge on any atom is 0.170 e. The molecule has 0 fully saturated rings. The van der Waals surface area contributed by atoms with Crippen LogP contribution in [0, 0.1) is 5.41 Å². The van der Waals surface area contributed by atoms with Crippen LogP contribution >= 0.6 is 11.6 Å². The zero-order valence-electron chi connectivity index (χ0n) is 22.1. The molecule has 2 atom stereocenters. The van der Waals surface area contributed by atoms with Gasteiger partial charge in [0.1, 0.15) is 23.8 Å². The number of nitrogens with one attached hydrogen (secondary N) is 1. The van der Waals surface area contributed by atoms with Crippen molar-refractivity contribution in [3.05, 3.63) is 82.6 Å². The lowest BCUT2D eigenvalue weighted by molar-refractivity contribution is -0.118. The lowest BCUT2D eigenvalue weighted by atomic mass is 9.73. The maximum atomic E-state index is 13.7. The van der Waals surface area contributed by atoms with E-state index in [9.17, 15) is 4.79 Å². The van der Waals surface area contributed by atoms with Gasteiger partial charge in [-0.1, -0.05) is 69.7 Å². The lowest BCUT2D eigenvalue weighted by Crippen LogP contribution is -2.40. The summed E-state index contributed by atoms with van der Waals surface area (Å²) in [5.74, 6) is 1.60. The molecule has 2 aliphatic heterocycles. The third kappa shape index (κ3) is 4.77. The van der Waals surface area contributed by atoms with Crippen molar-refractivity contribution in [2.75, 3.05) is 16.8 Å². The molecule has 1 aliphatic carbocycles. The summed E-state index contributed by atoms with van der Waals surface area (Å²) < 4.78 is 12.3. The highest BCUT2D eigenvalue weighted by molar-refractivity contribution is 6.32. The van der Waals surface area contributed by atoms with Crippen molar-refractivity contribution < 1.29 is 14.3 Å². The number of ether oxygens (including phenoxy) is 2. The van der Waals surface area contributed by atoms with Gasteiger partial charge in [0.05, 0.1) is 16.8 Å². The monoisotopic (exact) mass is 518 g/mol. The zero-order valence-corrected chi connectivity index (χ0v) is 22.8. The average Bonchev–Trinajstić information content (AvgIpc) is 3.07. The van der Waals surface area contributed by atoms with Crippen molar-refractivity contribution in [3.8, 4) is 11.5 Å². The van der Waals surface area contributed by atoms with Crippen molar-refractivity contribution in [1.82, 2.24) is 0 Å². The van der Waals surface area contributed by atoms with Crippen LogP contribution in [0.2, 0.25) is 5.02 Å². The van der Waals surface area contributed by atoms with Gasteiger partial charge in [-0.25, -0.2) is 0 Å². The first-order chi connectivity index (χ1) is 17.7. The summed E-state index contributed by atoms with van der Waals surface area (Å²) in [6, 6.07) is 11.6. The largest absolute Gasteiger partial charge is 0.488 e. The van der Waals surface area contributed by atoms with Gasteiger partial charge in [0.2, 0.25) is 0 Å². The molecule has 0 amide bonds. The Bertz CT molecular complexity index is 1310. The molecule has 5 rings (SSSR count). The third-order valence-electron chi connectivity index (χ3n) is 7.31. The van der Waals surface area contributed by atoms with Crippen LogP contribution in [-0.4, -0.2) is 18.6 Å². The Hall–Kier alpha value is -3.18. The summed E-state index contributed by atoms with van der Waals surface area (Å²) >= 11 is 6.79. The van der Waals surface area contributed by atoms with E-state index in [1.165, 1.54) is 5.57 Å². The summed E-state index contributed by atoms with van der Waals surface area (Å²) in [4.78, 5) is 15.9. The number of anilines is 2. The Balaban J connectivity index is 1.57. The SMILES string of the molecule is C=C/C=C(\CCC)COc1ccc(C2C3=C(CC(C)(C)CC3=O)Nc3cccc4c3N2C(C)O4)cc1Cl. The lowest BCUT2D eigenvalue weighted by Gasteiger charge is -2.37. The van der Waals surface area contributed by atoms with E-state index in [0.29, 0.717) is 23.8 Å². The summed E-state index contributed by atoms with van der Waals surface area (Å²) in [5, 5.41) is 4.15. The van der Waals surface area contributed by atoms with Gasteiger partial charge in [0, 0.05) is 17.7 Å². The Morgan fingerprint density at radius 1 is 1.30 bits per heavy atom. The van der Waals surface area contributed by atoms with E-state index >= 15 is 0 Å². The van der Waals surface area contributed by atoms with Crippen LogP contribution < -0.4 is 19.7 Å². The van der Waals surface area contributed by atoms with E-state index in [2.05, 4.69) is 43.6 Å². The maximum absolute atomic E-state index is 13.7. The summed E-state index contributed by atoms with van der Waals surface area (Å²) in [6.45, 7) is 12.7. The molecule has 1 N–H and O–H groups in total. The number of hydrogen-bond acceptors (Lipinski definition) is 5. The minimum absolute atomic E-state index is 0.114. The quantitative estimate of drug-likeness (QED) is 0.376. The van der Waals surface area contributed by atoms with Crippen LogP contribution in [0.25, 0.3) is 0 Å². The molecular formula is C31H35ClN2O3. The number of nitrogens with zero attached hydrogens (tertiary/aromatic N) is 1. The molecule has 0 saturated heterocycles. The number of halogens is 1. The summed E-state index contributed by atoms with van der Waals surface area (Å²) in [6.07, 6.45) is 6.82. The second kappa shape index (κ2) is 9.94. The number of carbonyl (C=O) groups excluding carboxylic acids is 1. The number of Topliss-reactive ketones (excluding diaryl/α,β-unsaturated/α-hetero) is 1. The predicted octanol–water partition coefficient (Wildman–Crippen LogP) is 7.99. The highest BCUT2D eigenvalue weighted by Gasteiger charge is 2.46. The van der Waals surface area contributed by atoms with Crippen molar-refractivity contribution >= 4 is 28.8 Å². The van der Waals surface area contributed by atoms with Gasteiger partial charge in [-0.05, 0) is 60.6 Å². The van der Waals surface area contributed by atoms with Crippen LogP contribution in [-0.2, 0) is 4.79 Å². The summed E-state index contributed by atoms with van der Waals surface area (Å²) in [5.41, 5.74) is 5.72. The minimum Gasteiger partial charge on any atom is -0.488 e. The van der Waals surface area contributed by atoms with Crippen molar-refractivity contribution in [2.45, 2.75) is 65.6 Å². The fraction of sp³-hybridized carbons (Fsp3) is 0.387. The average molecular weight is 519 g/mol. The molecule has 2 aromatic rings. The number of hydrogen-bond donors (Lipinski definition) is 1. The van der Waals surface area contributed by atoms with Crippen LogP contribution in [0.15, 0.2) is 72.0 Å². The highest BCUT2D eigenvalue weighted by Crippen LogP contribution is 2.54. The molecule has 2 heterocycles. The van der Waals surface area contributed by atoms with E-state index in [1.54, 1.807) is 6.08 Å². The molecule has 0 aromatic heterocycles. The number of para-hydroxylation sites is 1. The van der Waals surface area contributed by atoms with Crippen LogP contribution in [0.5, 0.6) is 11.5 Å². The Labute approximate surface area is 224 Å². The van der Waals surface area contributed by atoms with E-state index in [-0.39, 0.29) is 23.5 Å². The second-order valence-electron chi connectivity index (χ2n) is 10.9. The molecule has 5 nitrogen and oxygen atoms in total. The first-order valence-electron chi connectivity index (χ1n) is 13.1. The van der Waals surface area contributed by atoms with Gasteiger partial charge in [-0.15, -0.1) is 0 Å². The van der Waals surface area contributed by atoms with E-state index in [4.69, 9.17) is 21.1 Å². The molecule has 194 valence electrons. The number of ketones is 1. The van der Waals surface area contributed by atoms with Gasteiger partial charge in [-0.2, -0.15) is 0 Å². The van der Waals surface area contributed by atoms with Gasteiger partial charge in [-0.3, -0.25) is 4.79 Å². The van der Waals surface area contributed by atoms with Gasteiger partial charge in [0.25, 0.3) is 0 Å². The van der Waals surface area contributed by atoms with Crippen LogP contribution in [0.4, 0.5) is 11.4 Å². The molecule has 0 saturated carbocycles. The third-order valence-corrected chi connectivity index (χ3v) is 7.61. The van der Waals surface area contributed by atoms with Gasteiger partial charge in [0.15, 0.2) is 12.0 Å². The topological polar surface area (TPSA) is 50.8 Å². The van der Waals surface area contributed by atoms with E-state index < -0.39 is 0 Å². The van der Waals surface area contributed by atoms with E-state index in [0.717, 1.165) is 53.2 Å². The Morgan fingerprint density at radius 2 is 2.11 bits per heavy atom. The van der Waals surface area contributed by atoms with E-state index in [1.807, 2.05) is 43.3 Å². The normalized spacial score (nSPS) is 22.0. The Kier molecular flexibility index (Phi) is 6.84. The van der Waals surface area contributed by atoms with Crippen LogP contribution in [0.3, 0.4) is 0 Å². The number of rotatable bonds is 7. The van der Waals surface area contributed by atoms with Crippen molar-refractivity contribution in [1.29, 1.82) is 0 Å². The molecule has 37 heavy (non-hydrogen) atoms. The molecular weight excluding hydrogens is 484 g/mol. The standard InChI is InChI=1S/C31H35ClN2O3/c1-6-9-20(10-7-2)18-36-26-14-13-21(15-22(26)32)29-28-24(16-31(4,5)17-25(28)35)33-23-11-8-12-27-30(23)34(29)19(3)37-27/h6,8-9,11-15,19,29,33H,1,7,10,16-18H2,2-5H3/b20-9+. The zero-order chi connectivity index (χ0) is 26.3. The first-order valence-corrected chi connectivity index (χ1v) is 13.4. The van der Waals surface area contributed by atoms with Gasteiger partial charge < -0.3 is 19.7 Å². The number of benzene rings is 2. The molecule has 0 spiro atoms. The molecule has 0 radical (unpaired) electrons. The first kappa shape index (κ1) is 25.5. The molecule has 2 aromatic carbocycles. The highest BCUT2D eigenvalue weighted by atomic mass is 35.5. The fourth-order valence-electron chi connectivity index (χ4n) is 5.80. The van der Waals surface area contributed by atoms with Crippen LogP contribution in [0.1, 0.15) is 65.0 Å². The predicted molar refractivity (Wildman–Crippen MR) is 151 cm³/mol. The fourth-order valence-corrected chi connectivity index (χ4v) is 6.05. The van der Waals surface area contributed by atoms with Crippen molar-refractivity contribution in [3.63, 3.8) is 0 Å². The number of allylic oxidation sites excluding steroid dienone is 3. The smallest absolute Gasteiger partial charge is 0.170 e. The molecule has 0 bridgehead atoms. The van der Waals surface area contributed by atoms with Crippen molar-refractivity contribution in [2.24, 2.45) is 5.41 Å². The molecule has 3 aliphatic rings. The Morgan fingerprint density at radius 3 is 2.84 bits per heavy atom. The molecule has 6 heteroatoms. The molecule has 2 unspecified atom stereocenters.